The van der Waals surface area contributed by atoms with E-state index in [0.29, 0.717) is 16.7 Å². The van der Waals surface area contributed by atoms with Crippen molar-refractivity contribution in [3.8, 4) is 17.1 Å². The zero-order valence-electron chi connectivity index (χ0n) is 9.33. The van der Waals surface area contributed by atoms with E-state index in [1.807, 2.05) is 0 Å². The molecule has 1 N–H and O–H groups in total. The molecule has 0 atom stereocenters. The van der Waals surface area contributed by atoms with Gasteiger partial charge < -0.3 is 9.52 Å². The lowest BCUT2D eigenvalue weighted by atomic mass is 10.1. The molecule has 0 aliphatic heterocycles. The monoisotopic (exact) mass is 239 g/mol. The number of fused-ring (bicyclic) bond motifs is 1. The van der Waals surface area contributed by atoms with Crippen molar-refractivity contribution in [1.29, 1.82) is 0 Å². The van der Waals surface area contributed by atoms with E-state index in [2.05, 4.69) is 4.98 Å². The van der Waals surface area contributed by atoms with Crippen LogP contribution < -0.4 is 5.43 Å². The Morgan fingerprint density at radius 3 is 2.61 bits per heavy atom. The zero-order chi connectivity index (χ0) is 12.5. The number of benzene rings is 1. The Hall–Kier alpha value is -2.62. The van der Waals surface area contributed by atoms with Gasteiger partial charge in [0.2, 0.25) is 0 Å². The van der Waals surface area contributed by atoms with Gasteiger partial charge in [-0.15, -0.1) is 0 Å². The zero-order valence-corrected chi connectivity index (χ0v) is 9.33. The molecule has 0 radical (unpaired) electrons. The predicted octanol–water partition coefficient (Wildman–Crippen LogP) is 2.56. The summed E-state index contributed by atoms with van der Waals surface area (Å²) in [7, 11) is 0. The number of aromatic hydroxyl groups is 1. The molecule has 0 bridgehead atoms. The summed E-state index contributed by atoms with van der Waals surface area (Å²) >= 11 is 0. The van der Waals surface area contributed by atoms with Gasteiger partial charge in [0.15, 0.2) is 5.43 Å². The number of phenols is 1. The summed E-state index contributed by atoms with van der Waals surface area (Å²) in [6, 6.07) is 9.42. The molecule has 2 heterocycles. The fourth-order valence-corrected chi connectivity index (χ4v) is 1.80. The number of pyridine rings is 1. The van der Waals surface area contributed by atoms with Crippen molar-refractivity contribution >= 4 is 11.0 Å². The molecule has 88 valence electrons. The lowest BCUT2D eigenvalue weighted by Crippen LogP contribution is -2.00. The van der Waals surface area contributed by atoms with Crippen LogP contribution in [0.25, 0.3) is 22.3 Å². The van der Waals surface area contributed by atoms with Crippen LogP contribution in [0.3, 0.4) is 0 Å². The number of rotatable bonds is 1. The smallest absolute Gasteiger partial charge is 0.193 e. The number of hydrogen-bond acceptors (Lipinski definition) is 4. The Bertz CT molecular complexity index is 763. The molecule has 18 heavy (non-hydrogen) atoms. The molecule has 0 unspecified atom stereocenters. The molecule has 0 aliphatic rings. The van der Waals surface area contributed by atoms with Gasteiger partial charge in [-0.05, 0) is 30.3 Å². The van der Waals surface area contributed by atoms with Gasteiger partial charge >= 0.3 is 0 Å². The average Bonchev–Trinajstić information content (AvgIpc) is 2.40. The number of hydrogen-bond donors (Lipinski definition) is 1. The molecule has 0 saturated carbocycles. The molecular formula is C14H9NO3. The maximum atomic E-state index is 11.9. The largest absolute Gasteiger partial charge is 0.508 e. The molecule has 4 heteroatoms. The molecule has 3 rings (SSSR count). The average molecular weight is 239 g/mol. The highest BCUT2D eigenvalue weighted by Crippen LogP contribution is 2.23. The minimum absolute atomic E-state index is 0.0476. The molecule has 0 fully saturated rings. The molecular weight excluding hydrogens is 230 g/mol. The summed E-state index contributed by atoms with van der Waals surface area (Å²) in [5, 5.41) is 9.72. The van der Waals surface area contributed by atoms with Crippen molar-refractivity contribution in [2.24, 2.45) is 0 Å². The summed E-state index contributed by atoms with van der Waals surface area (Å²) in [6.45, 7) is 0. The Labute approximate surface area is 102 Å². The number of aromatic nitrogens is 1. The Morgan fingerprint density at radius 1 is 1.06 bits per heavy atom. The second-order valence-corrected chi connectivity index (χ2v) is 3.89. The molecule has 0 spiro atoms. The molecule has 2 aromatic heterocycles. The van der Waals surface area contributed by atoms with Crippen molar-refractivity contribution in [1.82, 2.24) is 4.98 Å². The first-order chi connectivity index (χ1) is 8.74. The normalized spacial score (nSPS) is 10.7. The van der Waals surface area contributed by atoms with E-state index in [1.165, 1.54) is 18.2 Å². The minimum Gasteiger partial charge on any atom is -0.508 e. The fraction of sp³-hybridized carbons (Fsp3) is 0. The van der Waals surface area contributed by atoms with E-state index in [4.69, 9.17) is 4.42 Å². The summed E-state index contributed by atoms with van der Waals surface area (Å²) in [5.41, 5.74) is 1.06. The first-order valence-electron chi connectivity index (χ1n) is 5.41. The minimum atomic E-state index is -0.182. The second kappa shape index (κ2) is 4.00. The maximum Gasteiger partial charge on any atom is 0.193 e. The van der Waals surface area contributed by atoms with Crippen LogP contribution >= 0.6 is 0 Å². The van der Waals surface area contributed by atoms with Crippen LogP contribution in [0.15, 0.2) is 58.0 Å². The highest BCUT2D eigenvalue weighted by molar-refractivity contribution is 5.80. The van der Waals surface area contributed by atoms with E-state index in [9.17, 15) is 9.90 Å². The number of phenolic OH excluding ortho intramolecular Hbond substituents is 1. The van der Waals surface area contributed by atoms with Crippen LogP contribution in [-0.2, 0) is 0 Å². The molecule has 0 aliphatic carbocycles. The Morgan fingerprint density at radius 2 is 1.83 bits per heavy atom. The summed E-state index contributed by atoms with van der Waals surface area (Å²) in [6.07, 6.45) is 3.27. The fourth-order valence-electron chi connectivity index (χ4n) is 1.80. The van der Waals surface area contributed by atoms with Crippen molar-refractivity contribution in [3.63, 3.8) is 0 Å². The van der Waals surface area contributed by atoms with Gasteiger partial charge in [0, 0.05) is 24.0 Å². The molecule has 1 aromatic carbocycles. The van der Waals surface area contributed by atoms with Crippen molar-refractivity contribution in [2.45, 2.75) is 0 Å². The number of nitrogens with zero attached hydrogens (tertiary/aromatic N) is 1. The van der Waals surface area contributed by atoms with E-state index in [-0.39, 0.29) is 11.2 Å². The van der Waals surface area contributed by atoms with Crippen LogP contribution in [0.4, 0.5) is 0 Å². The summed E-state index contributed by atoms with van der Waals surface area (Å²) in [5.74, 6) is 0.534. The molecule has 4 nitrogen and oxygen atoms in total. The van der Waals surface area contributed by atoms with Crippen molar-refractivity contribution < 1.29 is 9.52 Å². The van der Waals surface area contributed by atoms with Crippen LogP contribution in [0.5, 0.6) is 5.75 Å². The van der Waals surface area contributed by atoms with Gasteiger partial charge in [0.1, 0.15) is 17.1 Å². The maximum absolute atomic E-state index is 11.9. The Balaban J connectivity index is 2.29. The highest BCUT2D eigenvalue weighted by Gasteiger charge is 2.07. The summed E-state index contributed by atoms with van der Waals surface area (Å²) < 4.78 is 5.64. The third-order valence-corrected chi connectivity index (χ3v) is 2.68. The van der Waals surface area contributed by atoms with Crippen LogP contribution in [0, 0.1) is 0 Å². The standard InChI is InChI=1S/C14H9NO3/c16-10-1-2-13-11(7-10)12(17)8-14(18-13)9-3-5-15-6-4-9/h1-8,16H. The van der Waals surface area contributed by atoms with Gasteiger partial charge in [0.25, 0.3) is 0 Å². The van der Waals surface area contributed by atoms with E-state index < -0.39 is 0 Å². The lowest BCUT2D eigenvalue weighted by Gasteiger charge is -2.02. The SMILES string of the molecule is O=c1cc(-c2ccncc2)oc2ccc(O)cc12. The molecule has 3 aromatic rings. The topological polar surface area (TPSA) is 63.3 Å². The first-order valence-corrected chi connectivity index (χ1v) is 5.41. The van der Waals surface area contributed by atoms with Crippen LogP contribution in [0.2, 0.25) is 0 Å². The highest BCUT2D eigenvalue weighted by atomic mass is 16.3. The van der Waals surface area contributed by atoms with Gasteiger partial charge in [-0.2, -0.15) is 0 Å². The quantitative estimate of drug-likeness (QED) is 0.708. The third-order valence-electron chi connectivity index (χ3n) is 2.68. The Kier molecular flexibility index (Phi) is 2.34. The van der Waals surface area contributed by atoms with Gasteiger partial charge in [-0.25, -0.2) is 0 Å². The second-order valence-electron chi connectivity index (χ2n) is 3.89. The van der Waals surface area contributed by atoms with E-state index >= 15 is 0 Å². The predicted molar refractivity (Wildman–Crippen MR) is 67.4 cm³/mol. The summed E-state index contributed by atoms with van der Waals surface area (Å²) in [4.78, 5) is 15.9. The van der Waals surface area contributed by atoms with E-state index in [0.717, 1.165) is 5.56 Å². The third kappa shape index (κ3) is 1.73. The first kappa shape index (κ1) is 10.5. The van der Waals surface area contributed by atoms with Crippen LogP contribution in [0.1, 0.15) is 0 Å². The van der Waals surface area contributed by atoms with Gasteiger partial charge in [0.05, 0.1) is 5.39 Å². The van der Waals surface area contributed by atoms with Crippen molar-refractivity contribution in [2.75, 3.05) is 0 Å². The van der Waals surface area contributed by atoms with Crippen LogP contribution in [-0.4, -0.2) is 10.1 Å². The van der Waals surface area contributed by atoms with Gasteiger partial charge in [-0.3, -0.25) is 9.78 Å². The van der Waals surface area contributed by atoms with Crippen molar-refractivity contribution in [3.05, 3.63) is 59.0 Å². The van der Waals surface area contributed by atoms with E-state index in [1.54, 1.807) is 30.6 Å². The lowest BCUT2D eigenvalue weighted by molar-refractivity contribution is 0.475. The molecule has 0 amide bonds. The molecule has 0 saturated heterocycles. The van der Waals surface area contributed by atoms with Gasteiger partial charge in [-0.1, -0.05) is 0 Å².